The zero-order valence-corrected chi connectivity index (χ0v) is 16.2. The van der Waals surface area contributed by atoms with Crippen molar-refractivity contribution in [2.24, 2.45) is 0 Å². The van der Waals surface area contributed by atoms with Crippen LogP contribution in [0, 0.1) is 0 Å². The third-order valence-corrected chi connectivity index (χ3v) is 6.91. The second-order valence-corrected chi connectivity index (χ2v) is 9.09. The molecule has 0 aliphatic heterocycles. The van der Waals surface area contributed by atoms with E-state index in [0.717, 1.165) is 39.9 Å². The minimum absolute atomic E-state index is 0.542. The van der Waals surface area contributed by atoms with Crippen LogP contribution in [0.3, 0.4) is 0 Å². The van der Waals surface area contributed by atoms with E-state index < -0.39 is 11.2 Å². The van der Waals surface area contributed by atoms with E-state index in [1.54, 1.807) is 18.6 Å². The molecule has 0 fully saturated rings. The summed E-state index contributed by atoms with van der Waals surface area (Å²) in [6.07, 6.45) is 7.28. The van der Waals surface area contributed by atoms with E-state index in [2.05, 4.69) is 26.9 Å². The van der Waals surface area contributed by atoms with Crippen molar-refractivity contribution in [1.29, 1.82) is 0 Å². The highest BCUT2D eigenvalue weighted by Crippen LogP contribution is 2.28. The third-order valence-electron chi connectivity index (χ3n) is 3.34. The van der Waals surface area contributed by atoms with Crippen molar-refractivity contribution in [2.45, 2.75) is 24.8 Å². The van der Waals surface area contributed by atoms with Crippen molar-refractivity contribution in [3.05, 3.63) is 42.2 Å². The van der Waals surface area contributed by atoms with Crippen molar-refractivity contribution in [2.75, 3.05) is 10.8 Å². The zero-order chi connectivity index (χ0) is 17.5. The van der Waals surface area contributed by atoms with E-state index in [4.69, 9.17) is 0 Å². The van der Waals surface area contributed by atoms with Gasteiger partial charge in [-0.2, -0.15) is 0 Å². The smallest absolute Gasteiger partial charge is 0.162 e. The molecule has 3 heterocycles. The maximum atomic E-state index is 12.1. The van der Waals surface area contributed by atoms with Gasteiger partial charge in [-0.3, -0.25) is 4.98 Å². The summed E-state index contributed by atoms with van der Waals surface area (Å²) in [5.41, 5.74) is 1.64. The average molecular weight is 391 g/mol. The number of hydrogen-bond donors (Lipinski definition) is 0. The van der Waals surface area contributed by atoms with E-state index >= 15 is 0 Å². The number of unbranched alkanes of at least 4 members (excludes halogenated alkanes) is 1. The molecule has 5 nitrogen and oxygen atoms in total. The summed E-state index contributed by atoms with van der Waals surface area (Å²) in [5.74, 6) is 1.35. The number of rotatable bonds is 8. The molecule has 3 rings (SSSR count). The Morgan fingerprint density at radius 2 is 2.20 bits per heavy atom. The Balaban J connectivity index is 1.85. The molecular formula is C17H18N4OS3. The normalized spacial score (nSPS) is 12.2. The van der Waals surface area contributed by atoms with Gasteiger partial charge < -0.3 is 4.55 Å². The van der Waals surface area contributed by atoms with Gasteiger partial charge in [-0.25, -0.2) is 15.0 Å². The Labute approximate surface area is 158 Å². The van der Waals surface area contributed by atoms with Gasteiger partial charge in [-0.1, -0.05) is 25.1 Å². The molecule has 0 saturated carbocycles. The average Bonchev–Trinajstić information content (AvgIpc) is 3.20. The van der Waals surface area contributed by atoms with Crippen LogP contribution in [0.5, 0.6) is 0 Å². The number of thioether (sulfide) groups is 1. The fraction of sp³-hybridized carbons (Fsp3) is 0.294. The highest BCUT2D eigenvalue weighted by atomic mass is 32.3. The van der Waals surface area contributed by atoms with Crippen LogP contribution in [-0.4, -0.2) is 35.3 Å². The number of pyridine rings is 1. The quantitative estimate of drug-likeness (QED) is 0.325. The first-order valence-corrected chi connectivity index (χ1v) is 11.3. The van der Waals surface area contributed by atoms with Crippen molar-refractivity contribution < 1.29 is 4.55 Å². The van der Waals surface area contributed by atoms with Crippen LogP contribution in [-0.2, 0) is 11.2 Å². The van der Waals surface area contributed by atoms with Crippen molar-refractivity contribution in [3.63, 3.8) is 0 Å². The van der Waals surface area contributed by atoms with Crippen LogP contribution in [0.1, 0.15) is 19.8 Å². The summed E-state index contributed by atoms with van der Waals surface area (Å²) >= 11 is 2.20. The summed E-state index contributed by atoms with van der Waals surface area (Å²) in [6.45, 7) is 2.11. The number of aromatic nitrogens is 4. The summed E-state index contributed by atoms with van der Waals surface area (Å²) in [6, 6.07) is 5.71. The Morgan fingerprint density at radius 3 is 2.92 bits per heavy atom. The predicted octanol–water partition coefficient (Wildman–Crippen LogP) is 4.26. The van der Waals surface area contributed by atoms with Crippen LogP contribution in [0.15, 0.2) is 47.2 Å². The van der Waals surface area contributed by atoms with Crippen LogP contribution in [0.4, 0.5) is 0 Å². The fourth-order valence-electron chi connectivity index (χ4n) is 2.07. The molecule has 8 heteroatoms. The third kappa shape index (κ3) is 5.24. The van der Waals surface area contributed by atoms with Crippen LogP contribution >= 0.6 is 23.1 Å². The lowest BCUT2D eigenvalue weighted by molar-refractivity contribution is 0.596. The highest BCUT2D eigenvalue weighted by Gasteiger charge is 2.13. The fourth-order valence-corrected chi connectivity index (χ4v) is 5.11. The van der Waals surface area contributed by atoms with Gasteiger partial charge >= 0.3 is 0 Å². The molecule has 0 aliphatic rings. The van der Waals surface area contributed by atoms with Crippen LogP contribution < -0.4 is 0 Å². The first-order chi connectivity index (χ1) is 12.3. The van der Waals surface area contributed by atoms with Gasteiger partial charge in [0.25, 0.3) is 0 Å². The van der Waals surface area contributed by atoms with E-state index in [1.165, 1.54) is 23.1 Å². The minimum Gasteiger partial charge on any atom is -0.616 e. The molecule has 0 amide bonds. The standard InChI is InChI=1S/C17H18N4OS3/c1-2-3-9-25(22)12-24-15-10-14(17-19-7-8-23-17)20-16(21-15)13-5-4-6-18-11-13/h4-8,10-11H,2-3,9,12H2,1H3. The SMILES string of the molecule is CCCC[S+]([O-])CSc1cc(-c2nccs2)nc(-c2cccnc2)n1. The first-order valence-electron chi connectivity index (χ1n) is 7.93. The summed E-state index contributed by atoms with van der Waals surface area (Å²) in [7, 11) is 0. The van der Waals surface area contributed by atoms with Crippen molar-refractivity contribution in [3.8, 4) is 22.1 Å². The van der Waals surface area contributed by atoms with E-state index in [1.807, 2.05) is 23.6 Å². The Bertz CT molecular complexity index is 784. The van der Waals surface area contributed by atoms with Gasteiger partial charge in [-0.15, -0.1) is 11.3 Å². The molecule has 0 radical (unpaired) electrons. The van der Waals surface area contributed by atoms with Crippen molar-refractivity contribution in [1.82, 2.24) is 19.9 Å². The zero-order valence-electron chi connectivity index (χ0n) is 13.8. The highest BCUT2D eigenvalue weighted by molar-refractivity contribution is 8.12. The van der Waals surface area contributed by atoms with Crippen LogP contribution in [0.25, 0.3) is 22.1 Å². The maximum absolute atomic E-state index is 12.1. The molecule has 3 aromatic rings. The Morgan fingerprint density at radius 1 is 1.28 bits per heavy atom. The molecule has 0 N–H and O–H groups in total. The van der Waals surface area contributed by atoms with Crippen LogP contribution in [0.2, 0.25) is 0 Å². The molecule has 0 aromatic carbocycles. The minimum atomic E-state index is -0.838. The molecule has 1 unspecified atom stereocenters. The lowest BCUT2D eigenvalue weighted by Crippen LogP contribution is -2.08. The predicted molar refractivity (Wildman–Crippen MR) is 105 cm³/mol. The monoisotopic (exact) mass is 390 g/mol. The van der Waals surface area contributed by atoms with E-state index in [0.29, 0.717) is 10.9 Å². The lowest BCUT2D eigenvalue weighted by atomic mass is 10.2. The van der Waals surface area contributed by atoms with Gasteiger partial charge in [0, 0.05) is 29.5 Å². The second-order valence-electron chi connectivity index (χ2n) is 5.25. The van der Waals surface area contributed by atoms with E-state index in [9.17, 15) is 4.55 Å². The maximum Gasteiger partial charge on any atom is 0.162 e. The lowest BCUT2D eigenvalue weighted by Gasteiger charge is -2.10. The molecule has 0 saturated heterocycles. The molecular weight excluding hydrogens is 372 g/mol. The molecule has 0 bridgehead atoms. The van der Waals surface area contributed by atoms with Gasteiger partial charge in [0.15, 0.2) is 10.9 Å². The summed E-state index contributed by atoms with van der Waals surface area (Å²) in [5, 5.41) is 4.12. The van der Waals surface area contributed by atoms with Gasteiger partial charge in [0.2, 0.25) is 0 Å². The molecule has 0 spiro atoms. The molecule has 0 aliphatic carbocycles. The second kappa shape index (κ2) is 9.28. The summed E-state index contributed by atoms with van der Waals surface area (Å²) < 4.78 is 12.1. The molecule has 130 valence electrons. The number of hydrogen-bond acceptors (Lipinski definition) is 7. The first kappa shape index (κ1) is 18.3. The van der Waals surface area contributed by atoms with Gasteiger partial charge in [0.05, 0.1) is 0 Å². The van der Waals surface area contributed by atoms with E-state index in [-0.39, 0.29) is 0 Å². The molecule has 1 atom stereocenters. The van der Waals surface area contributed by atoms with Crippen molar-refractivity contribution >= 4 is 34.3 Å². The number of thiazole rings is 1. The molecule has 3 aromatic heterocycles. The Hall–Kier alpha value is -1.48. The molecule has 25 heavy (non-hydrogen) atoms. The van der Waals surface area contributed by atoms with Gasteiger partial charge in [0.1, 0.15) is 21.5 Å². The topological polar surface area (TPSA) is 74.6 Å². The Kier molecular flexibility index (Phi) is 6.80. The summed E-state index contributed by atoms with van der Waals surface area (Å²) in [4.78, 5) is 17.7. The van der Waals surface area contributed by atoms with Gasteiger partial charge in [-0.05, 0) is 35.8 Å². The largest absolute Gasteiger partial charge is 0.616 e. The number of nitrogens with zero attached hydrogens (tertiary/aromatic N) is 4.